The van der Waals surface area contributed by atoms with Crippen molar-refractivity contribution in [1.82, 2.24) is 0 Å². The van der Waals surface area contributed by atoms with Crippen LogP contribution in [0.15, 0.2) is 0 Å². The van der Waals surface area contributed by atoms with Crippen molar-refractivity contribution in [2.75, 3.05) is 13.6 Å². The van der Waals surface area contributed by atoms with Crippen LogP contribution in [0.4, 0.5) is 0 Å². The minimum absolute atomic E-state index is 0. The van der Waals surface area contributed by atoms with Crippen molar-refractivity contribution in [3.8, 4) is 0 Å². The molecule has 0 rings (SSSR count). The first-order chi connectivity index (χ1) is 7.29. The van der Waals surface area contributed by atoms with Gasteiger partial charge in [0.25, 0.3) is 0 Å². The van der Waals surface area contributed by atoms with Crippen LogP contribution in [0.3, 0.4) is 0 Å². The minimum atomic E-state index is 0. The Morgan fingerprint density at radius 3 is 1.76 bits per heavy atom. The fraction of sp³-hybridized carbons (Fsp3) is 1.00. The molecule has 106 valence electrons. The van der Waals surface area contributed by atoms with E-state index >= 15 is 0 Å². The molecular formula is C12H28ClNO2S. The molecule has 17 heavy (non-hydrogen) atoms. The second kappa shape index (κ2) is 9.45. The quantitative estimate of drug-likeness (QED) is 0.391. The van der Waals surface area contributed by atoms with Crippen molar-refractivity contribution in [3.63, 3.8) is 0 Å². The number of nitrogens with zero attached hydrogens (tertiary/aromatic N) is 1. The molecule has 0 heterocycles. The van der Waals surface area contributed by atoms with Crippen LogP contribution in [0.25, 0.3) is 0 Å². The van der Waals surface area contributed by atoms with E-state index in [2.05, 4.69) is 19.6 Å². The first-order valence-corrected chi connectivity index (χ1v) is 6.71. The Morgan fingerprint density at radius 1 is 1.06 bits per heavy atom. The van der Waals surface area contributed by atoms with E-state index in [4.69, 9.17) is 9.68 Å². The summed E-state index contributed by atoms with van der Waals surface area (Å²) in [6.07, 6.45) is 2.38. The zero-order valence-corrected chi connectivity index (χ0v) is 13.6. The van der Waals surface area contributed by atoms with Crippen LogP contribution in [0.2, 0.25) is 0 Å². The molecule has 0 N–H and O–H groups in total. The zero-order valence-electron chi connectivity index (χ0n) is 11.9. The summed E-state index contributed by atoms with van der Waals surface area (Å²) >= 11 is 4.50. The lowest BCUT2D eigenvalue weighted by molar-refractivity contribution is -1.24. The highest BCUT2D eigenvalue weighted by Gasteiger charge is 2.29. The fourth-order valence-electron chi connectivity index (χ4n) is 1.61. The maximum Gasteiger partial charge on any atom is 0.143 e. The van der Waals surface area contributed by atoms with E-state index in [0.29, 0.717) is 5.25 Å². The molecule has 0 spiro atoms. The zero-order chi connectivity index (χ0) is 12.8. The highest BCUT2D eigenvalue weighted by Crippen LogP contribution is 2.16. The molecule has 0 saturated heterocycles. The van der Waals surface area contributed by atoms with Gasteiger partial charge in [0.2, 0.25) is 0 Å². The molecule has 3 nitrogen and oxygen atoms in total. The molecule has 0 aliphatic heterocycles. The van der Waals surface area contributed by atoms with Crippen LogP contribution < -0.4 is 12.4 Å². The number of thiol groups is 1. The Kier molecular flexibility index (Phi) is 11.0. The van der Waals surface area contributed by atoms with Gasteiger partial charge in [-0.1, -0.05) is 6.92 Å². The normalized spacial score (nSPS) is 13.9. The van der Waals surface area contributed by atoms with Crippen molar-refractivity contribution in [2.24, 2.45) is 0 Å². The number of halogens is 1. The van der Waals surface area contributed by atoms with E-state index in [9.17, 15) is 0 Å². The predicted octanol–water partition coefficient (Wildman–Crippen LogP) is 0.216. The van der Waals surface area contributed by atoms with Crippen LogP contribution in [0.1, 0.15) is 47.5 Å². The third kappa shape index (κ3) is 10.2. The molecule has 5 heteroatoms. The Hall–Kier alpha value is 0.520. The van der Waals surface area contributed by atoms with E-state index in [1.807, 2.05) is 34.7 Å². The molecule has 0 bridgehead atoms. The summed E-state index contributed by atoms with van der Waals surface area (Å²) in [5.74, 6) is 0. The Labute approximate surface area is 118 Å². The summed E-state index contributed by atoms with van der Waals surface area (Å²) in [7, 11) is 1.97. The lowest BCUT2D eigenvalue weighted by Crippen LogP contribution is -3.00. The van der Waals surface area contributed by atoms with Gasteiger partial charge in [-0.3, -0.25) is 0 Å². The number of hydroxylamine groups is 4. The molecule has 0 radical (unpaired) electrons. The summed E-state index contributed by atoms with van der Waals surface area (Å²) in [6.45, 7) is 11.1. The van der Waals surface area contributed by atoms with E-state index in [-0.39, 0.29) is 29.4 Å². The van der Waals surface area contributed by atoms with Crippen LogP contribution in [0, 0.1) is 0 Å². The van der Waals surface area contributed by atoms with Gasteiger partial charge in [0.15, 0.2) is 0 Å². The lowest BCUT2D eigenvalue weighted by atomic mass is 10.2. The third-order valence-corrected chi connectivity index (χ3v) is 2.83. The molecule has 0 fully saturated rings. The molecule has 0 aromatic heterocycles. The van der Waals surface area contributed by atoms with Gasteiger partial charge in [0, 0.05) is 11.7 Å². The van der Waals surface area contributed by atoms with Gasteiger partial charge < -0.3 is 12.4 Å². The molecule has 0 aliphatic carbocycles. The van der Waals surface area contributed by atoms with Gasteiger partial charge in [-0.15, -0.1) is 0 Å². The lowest BCUT2D eigenvalue weighted by Gasteiger charge is -2.32. The monoisotopic (exact) mass is 285 g/mol. The maximum atomic E-state index is 5.82. The Balaban J connectivity index is 0. The van der Waals surface area contributed by atoms with Crippen LogP contribution >= 0.6 is 12.6 Å². The average Bonchev–Trinajstić information content (AvgIpc) is 2.11. The summed E-state index contributed by atoms with van der Waals surface area (Å²) < 4.78 is 0. The minimum Gasteiger partial charge on any atom is -1.00 e. The van der Waals surface area contributed by atoms with Crippen molar-refractivity contribution in [1.29, 1.82) is 0 Å². The molecule has 0 aromatic rings. The molecule has 0 saturated carbocycles. The van der Waals surface area contributed by atoms with Gasteiger partial charge in [-0.25, -0.2) is 0 Å². The van der Waals surface area contributed by atoms with Crippen molar-refractivity contribution in [3.05, 3.63) is 0 Å². The predicted molar refractivity (Wildman–Crippen MR) is 71.2 cm³/mol. The Bertz CT molecular complexity index is 181. The largest absolute Gasteiger partial charge is 1.00 e. The second-order valence-corrected chi connectivity index (χ2v) is 5.63. The maximum absolute atomic E-state index is 5.82. The standard InChI is InChI=1S/C12H27NO2S.ClH/c1-7-12(16)8-9-13(6,14-10(2)3)15-11(4)5;/h10-12H,7-9H2,1-6H3;1H. The first-order valence-electron chi connectivity index (χ1n) is 6.19. The van der Waals surface area contributed by atoms with Crippen molar-refractivity contribution in [2.45, 2.75) is 64.9 Å². The van der Waals surface area contributed by atoms with E-state index in [1.54, 1.807) is 0 Å². The first kappa shape index (κ1) is 19.9. The van der Waals surface area contributed by atoms with Gasteiger partial charge in [-0.2, -0.15) is 22.3 Å². The summed E-state index contributed by atoms with van der Waals surface area (Å²) in [5, 5.41) is 0.420. The third-order valence-electron chi connectivity index (χ3n) is 2.21. The number of rotatable bonds is 8. The van der Waals surface area contributed by atoms with Crippen LogP contribution in [0.5, 0.6) is 0 Å². The van der Waals surface area contributed by atoms with Gasteiger partial charge in [-0.05, 0) is 38.9 Å². The molecule has 0 aromatic carbocycles. The van der Waals surface area contributed by atoms with Crippen LogP contribution in [-0.2, 0) is 9.68 Å². The van der Waals surface area contributed by atoms with E-state index in [0.717, 1.165) is 19.4 Å². The SMILES string of the molecule is CCC(S)CC[N+](C)(OC(C)C)OC(C)C.[Cl-]. The highest BCUT2D eigenvalue weighted by molar-refractivity contribution is 7.80. The molecule has 0 aliphatic rings. The van der Waals surface area contributed by atoms with Gasteiger partial charge in [0.05, 0.1) is 0 Å². The van der Waals surface area contributed by atoms with Gasteiger partial charge >= 0.3 is 0 Å². The number of hydrogen-bond acceptors (Lipinski definition) is 3. The number of quaternary nitrogens is 1. The molecule has 1 unspecified atom stereocenters. The summed E-state index contributed by atoms with van der Waals surface area (Å²) in [5.41, 5.74) is 0. The summed E-state index contributed by atoms with van der Waals surface area (Å²) in [4.78, 5) is 11.9. The topological polar surface area (TPSA) is 18.5 Å². The fourth-order valence-corrected chi connectivity index (χ4v) is 1.73. The molecule has 1 atom stereocenters. The van der Waals surface area contributed by atoms with Crippen molar-refractivity contribution >= 4 is 12.6 Å². The van der Waals surface area contributed by atoms with E-state index < -0.39 is 0 Å². The van der Waals surface area contributed by atoms with Crippen LogP contribution in [-0.4, -0.2) is 35.9 Å². The smallest absolute Gasteiger partial charge is 0.143 e. The average molecular weight is 286 g/mol. The van der Waals surface area contributed by atoms with E-state index in [1.165, 1.54) is 0 Å². The molecule has 0 amide bonds. The number of hydrogen-bond donors (Lipinski definition) is 1. The highest BCUT2D eigenvalue weighted by atomic mass is 35.5. The van der Waals surface area contributed by atoms with Gasteiger partial charge in [0.1, 0.15) is 25.8 Å². The second-order valence-electron chi connectivity index (χ2n) is 4.90. The Morgan fingerprint density at radius 2 is 1.47 bits per heavy atom. The molecular weight excluding hydrogens is 258 g/mol. The summed E-state index contributed by atoms with van der Waals surface area (Å²) in [6, 6.07) is 0. The van der Waals surface area contributed by atoms with Crippen molar-refractivity contribution < 1.29 is 26.9 Å².